The maximum atomic E-state index is 10.1. The van der Waals surface area contributed by atoms with Crippen LogP contribution < -0.4 is 10.5 Å². The van der Waals surface area contributed by atoms with Gasteiger partial charge in [-0.25, -0.2) is 0 Å². The summed E-state index contributed by atoms with van der Waals surface area (Å²) >= 11 is 8.16. The van der Waals surface area contributed by atoms with E-state index >= 15 is 0 Å². The van der Waals surface area contributed by atoms with E-state index in [-0.39, 0.29) is 12.5 Å². The normalized spacial score (nSPS) is 14.1. The molecular formula is C25H28ClNO3S. The minimum Gasteiger partial charge on any atom is -0.488 e. The van der Waals surface area contributed by atoms with E-state index in [1.54, 1.807) is 11.8 Å². The molecule has 0 aromatic heterocycles. The van der Waals surface area contributed by atoms with Crippen molar-refractivity contribution in [3.8, 4) is 5.75 Å². The van der Waals surface area contributed by atoms with Crippen molar-refractivity contribution in [2.45, 2.75) is 47.8 Å². The minimum absolute atomic E-state index is 0.0145. The number of aliphatic hydroxyl groups excluding tert-OH is 2. The van der Waals surface area contributed by atoms with Gasteiger partial charge in [0.25, 0.3) is 0 Å². The molecule has 31 heavy (non-hydrogen) atoms. The van der Waals surface area contributed by atoms with Crippen LogP contribution in [-0.2, 0) is 6.61 Å². The average Bonchev–Trinajstić information content (AvgIpc) is 2.78. The maximum absolute atomic E-state index is 10.1. The Morgan fingerprint density at radius 3 is 2.45 bits per heavy atom. The van der Waals surface area contributed by atoms with Gasteiger partial charge in [0.05, 0.1) is 23.6 Å². The lowest BCUT2D eigenvalue weighted by Crippen LogP contribution is -2.38. The van der Waals surface area contributed by atoms with Gasteiger partial charge in [0.15, 0.2) is 0 Å². The molecule has 3 aromatic carbocycles. The van der Waals surface area contributed by atoms with E-state index in [2.05, 4.69) is 0 Å². The van der Waals surface area contributed by atoms with Crippen molar-refractivity contribution >= 4 is 23.4 Å². The molecule has 4 nitrogen and oxygen atoms in total. The molecule has 3 atom stereocenters. The minimum atomic E-state index is -0.779. The first kappa shape index (κ1) is 23.6. The zero-order valence-electron chi connectivity index (χ0n) is 17.4. The molecule has 0 radical (unpaired) electrons. The number of hydrogen-bond donors (Lipinski definition) is 3. The highest BCUT2D eigenvalue weighted by Crippen LogP contribution is 2.38. The van der Waals surface area contributed by atoms with Crippen LogP contribution in [0.25, 0.3) is 0 Å². The van der Waals surface area contributed by atoms with Crippen molar-refractivity contribution in [1.29, 1.82) is 0 Å². The highest BCUT2D eigenvalue weighted by Gasteiger charge is 2.20. The zero-order valence-corrected chi connectivity index (χ0v) is 19.0. The standard InChI is InChI=1S/C25H28ClNO3S/c1-17(13-23(29)22(27)15-28)20-12-11-19(14-21(20)26)31-25-10-6-5-9-24(25)30-16-18-7-3-2-4-8-18/h2-12,14,17,22-23,28-29H,13,15-16,27H2,1H3. The number of ether oxygens (including phenoxy) is 1. The van der Waals surface area contributed by atoms with Gasteiger partial charge in [-0.2, -0.15) is 0 Å². The third-order valence-electron chi connectivity index (χ3n) is 5.12. The molecule has 4 N–H and O–H groups in total. The lowest BCUT2D eigenvalue weighted by atomic mass is 9.92. The molecular weight excluding hydrogens is 430 g/mol. The summed E-state index contributed by atoms with van der Waals surface area (Å²) in [5, 5.41) is 19.9. The summed E-state index contributed by atoms with van der Waals surface area (Å²) in [6.45, 7) is 2.25. The summed E-state index contributed by atoms with van der Waals surface area (Å²) in [5.41, 5.74) is 7.78. The van der Waals surface area contributed by atoms with Crippen LogP contribution in [0.1, 0.15) is 30.4 Å². The molecule has 0 saturated heterocycles. The predicted molar refractivity (Wildman–Crippen MR) is 127 cm³/mol. The number of aliphatic hydroxyl groups is 2. The van der Waals surface area contributed by atoms with E-state index in [1.807, 2.05) is 79.7 Å². The topological polar surface area (TPSA) is 75.7 Å². The lowest BCUT2D eigenvalue weighted by molar-refractivity contribution is 0.0965. The first-order chi connectivity index (χ1) is 15.0. The second kappa shape index (κ2) is 11.6. The fourth-order valence-electron chi connectivity index (χ4n) is 3.27. The third-order valence-corrected chi connectivity index (χ3v) is 6.49. The molecule has 3 unspecified atom stereocenters. The number of benzene rings is 3. The van der Waals surface area contributed by atoms with Crippen LogP contribution in [0, 0.1) is 0 Å². The van der Waals surface area contributed by atoms with Crippen LogP contribution in [0.3, 0.4) is 0 Å². The van der Waals surface area contributed by atoms with Crippen molar-refractivity contribution in [2.75, 3.05) is 6.61 Å². The summed E-state index contributed by atoms with van der Waals surface area (Å²) in [6, 6.07) is 23.3. The molecule has 0 aliphatic carbocycles. The quantitative estimate of drug-likeness (QED) is 0.388. The molecule has 3 aromatic rings. The van der Waals surface area contributed by atoms with Crippen LogP contribution in [0.2, 0.25) is 5.02 Å². The fourth-order valence-corrected chi connectivity index (χ4v) is 4.65. The van der Waals surface area contributed by atoms with Crippen molar-refractivity contribution in [3.63, 3.8) is 0 Å². The summed E-state index contributed by atoms with van der Waals surface area (Å²) in [6.07, 6.45) is -0.344. The van der Waals surface area contributed by atoms with Crippen LogP contribution in [0.5, 0.6) is 5.75 Å². The van der Waals surface area contributed by atoms with Crippen molar-refractivity contribution in [1.82, 2.24) is 0 Å². The van der Waals surface area contributed by atoms with Gasteiger partial charge in [0.1, 0.15) is 12.4 Å². The van der Waals surface area contributed by atoms with E-state index in [9.17, 15) is 5.11 Å². The number of nitrogens with two attached hydrogens (primary N) is 1. The Kier molecular flexibility index (Phi) is 8.81. The highest BCUT2D eigenvalue weighted by molar-refractivity contribution is 7.99. The van der Waals surface area contributed by atoms with E-state index in [1.165, 1.54) is 0 Å². The Morgan fingerprint density at radius 2 is 1.74 bits per heavy atom. The number of hydrogen-bond acceptors (Lipinski definition) is 5. The van der Waals surface area contributed by atoms with E-state index in [0.717, 1.165) is 26.7 Å². The van der Waals surface area contributed by atoms with Gasteiger partial charge in [0.2, 0.25) is 0 Å². The van der Waals surface area contributed by atoms with Gasteiger partial charge in [-0.15, -0.1) is 0 Å². The van der Waals surface area contributed by atoms with Gasteiger partial charge in [0, 0.05) is 9.92 Å². The first-order valence-corrected chi connectivity index (χ1v) is 11.4. The largest absolute Gasteiger partial charge is 0.488 e. The lowest BCUT2D eigenvalue weighted by Gasteiger charge is -2.21. The molecule has 0 spiro atoms. The van der Waals surface area contributed by atoms with Gasteiger partial charge >= 0.3 is 0 Å². The van der Waals surface area contributed by atoms with E-state index < -0.39 is 12.1 Å². The molecule has 0 aliphatic heterocycles. The Morgan fingerprint density at radius 1 is 1.03 bits per heavy atom. The highest BCUT2D eigenvalue weighted by atomic mass is 35.5. The van der Waals surface area contributed by atoms with Gasteiger partial charge < -0.3 is 20.7 Å². The smallest absolute Gasteiger partial charge is 0.133 e. The summed E-state index contributed by atoms with van der Waals surface area (Å²) in [4.78, 5) is 2.02. The first-order valence-electron chi connectivity index (χ1n) is 10.3. The summed E-state index contributed by atoms with van der Waals surface area (Å²) < 4.78 is 6.05. The Bertz CT molecular complexity index is 970. The van der Waals surface area contributed by atoms with E-state index in [0.29, 0.717) is 18.1 Å². The van der Waals surface area contributed by atoms with Crippen LogP contribution in [0.15, 0.2) is 82.6 Å². The van der Waals surface area contributed by atoms with Gasteiger partial charge in [-0.3, -0.25) is 0 Å². The van der Waals surface area contributed by atoms with Gasteiger partial charge in [-0.1, -0.05) is 78.8 Å². The maximum Gasteiger partial charge on any atom is 0.133 e. The molecule has 0 amide bonds. The zero-order chi connectivity index (χ0) is 22.2. The predicted octanol–water partition coefficient (Wildman–Crippen LogP) is 5.24. The summed E-state index contributed by atoms with van der Waals surface area (Å²) in [5.74, 6) is 0.840. The SMILES string of the molecule is CC(CC(O)C(N)CO)c1ccc(Sc2ccccc2OCc2ccccc2)cc1Cl. The molecule has 0 bridgehead atoms. The Balaban J connectivity index is 1.69. The number of rotatable bonds is 10. The van der Waals surface area contributed by atoms with Crippen molar-refractivity contribution in [3.05, 3.63) is 88.9 Å². The molecule has 3 rings (SSSR count). The van der Waals surface area contributed by atoms with Gasteiger partial charge in [-0.05, 0) is 47.7 Å². The number of halogens is 1. The molecule has 0 saturated carbocycles. The van der Waals surface area contributed by atoms with Crippen LogP contribution >= 0.6 is 23.4 Å². The van der Waals surface area contributed by atoms with Crippen molar-refractivity contribution in [2.24, 2.45) is 5.73 Å². The van der Waals surface area contributed by atoms with Crippen LogP contribution in [0.4, 0.5) is 0 Å². The monoisotopic (exact) mass is 457 g/mol. The molecule has 6 heteroatoms. The Labute approximate surface area is 193 Å². The summed E-state index contributed by atoms with van der Waals surface area (Å²) in [7, 11) is 0. The second-order valence-electron chi connectivity index (χ2n) is 7.56. The fraction of sp³-hybridized carbons (Fsp3) is 0.280. The van der Waals surface area contributed by atoms with Crippen LogP contribution in [-0.4, -0.2) is 29.0 Å². The molecule has 164 valence electrons. The molecule has 0 heterocycles. The third kappa shape index (κ3) is 6.73. The Hall–Kier alpha value is -2.02. The molecule has 0 aliphatic rings. The number of para-hydroxylation sites is 1. The molecule has 0 fully saturated rings. The second-order valence-corrected chi connectivity index (χ2v) is 9.08. The average molecular weight is 458 g/mol. The van der Waals surface area contributed by atoms with E-state index in [4.69, 9.17) is 27.2 Å². The van der Waals surface area contributed by atoms with Crippen molar-refractivity contribution < 1.29 is 14.9 Å².